The van der Waals surface area contributed by atoms with Gasteiger partial charge in [0.1, 0.15) is 0 Å². The van der Waals surface area contributed by atoms with E-state index in [1.165, 1.54) is 45.1 Å². The van der Waals surface area contributed by atoms with Crippen LogP contribution in [-0.2, 0) is 0 Å². The van der Waals surface area contributed by atoms with Gasteiger partial charge in [-0.05, 0) is 135 Å². The van der Waals surface area contributed by atoms with E-state index in [4.69, 9.17) is 0 Å². The first kappa shape index (κ1) is 42.3. The summed E-state index contributed by atoms with van der Waals surface area (Å²) in [7, 11) is -0.603. The Morgan fingerprint density at radius 1 is 0.389 bits per heavy atom. The predicted octanol–water partition coefficient (Wildman–Crippen LogP) is 12.1. The van der Waals surface area contributed by atoms with Crippen LogP contribution in [0.15, 0.2) is 109 Å². The second kappa shape index (κ2) is 15.2. The Kier molecular flexibility index (Phi) is 11.9. The average Bonchev–Trinajstić information content (AvgIpc) is 3.01. The Labute approximate surface area is 334 Å². The van der Waals surface area contributed by atoms with Gasteiger partial charge in [-0.1, -0.05) is 107 Å². The van der Waals surface area contributed by atoms with E-state index in [1.807, 2.05) is 0 Å². The zero-order valence-corrected chi connectivity index (χ0v) is 39.9. The second-order valence-electron chi connectivity index (χ2n) is 19.1. The van der Waals surface area contributed by atoms with Gasteiger partial charge in [0.05, 0.1) is 33.3 Å². The molecule has 0 unspecified atom stereocenters. The maximum absolute atomic E-state index is 2.91. The number of benzene rings is 4. The lowest BCUT2D eigenvalue weighted by atomic mass is 10.1. The summed E-state index contributed by atoms with van der Waals surface area (Å²) in [5.41, 5.74) is 8.32. The summed E-state index contributed by atoms with van der Waals surface area (Å²) in [5.74, 6) is 2.88. The molecule has 0 aromatic heterocycles. The lowest BCUT2D eigenvalue weighted by Crippen LogP contribution is -2.91. The Morgan fingerprint density at radius 2 is 0.630 bits per heavy atom. The lowest BCUT2D eigenvalue weighted by molar-refractivity contribution is -0.513. The van der Waals surface area contributed by atoms with Crippen molar-refractivity contribution in [3.63, 3.8) is 0 Å². The van der Waals surface area contributed by atoms with E-state index in [9.17, 15) is 0 Å². The molecule has 3 aliphatic heterocycles. The molecule has 7 rings (SSSR count). The van der Waals surface area contributed by atoms with Gasteiger partial charge in [-0.2, -0.15) is 0 Å². The van der Waals surface area contributed by atoms with Gasteiger partial charge >= 0.3 is 0 Å². The van der Waals surface area contributed by atoms with Gasteiger partial charge in [0.25, 0.3) is 11.7 Å². The van der Waals surface area contributed by atoms with Crippen molar-refractivity contribution in [2.45, 2.75) is 133 Å². The minimum Gasteiger partial charge on any atom is -0.404 e. The highest BCUT2D eigenvalue weighted by Gasteiger charge is 2.72. The summed E-state index contributed by atoms with van der Waals surface area (Å²) in [5, 5.41) is 0. The number of rotatable bonds is 2. The maximum atomic E-state index is 2.91. The van der Waals surface area contributed by atoms with Crippen molar-refractivity contribution in [1.29, 1.82) is 0 Å². The molecule has 0 amide bonds. The summed E-state index contributed by atoms with van der Waals surface area (Å²) in [6.45, 7) is 37.5. The van der Waals surface area contributed by atoms with Crippen LogP contribution in [0.4, 0.5) is 0 Å². The molecular formula is C46H66N4P2Si2. The van der Waals surface area contributed by atoms with Crippen molar-refractivity contribution in [2.24, 2.45) is 0 Å². The van der Waals surface area contributed by atoms with E-state index >= 15 is 0 Å². The number of nitrogens with zero attached hydrogens (tertiary/aromatic N) is 4. The molecule has 3 aliphatic rings. The first-order valence-corrected chi connectivity index (χ1v) is 28.5. The third-order valence-corrected chi connectivity index (χ3v) is 47.0. The van der Waals surface area contributed by atoms with Gasteiger partial charge in [-0.3, -0.25) is 0 Å². The van der Waals surface area contributed by atoms with E-state index in [2.05, 4.69) is 238 Å². The topological polar surface area (TPSA) is 12.5 Å². The van der Waals surface area contributed by atoms with Crippen LogP contribution in [0.1, 0.15) is 116 Å². The van der Waals surface area contributed by atoms with Gasteiger partial charge in [0.2, 0.25) is 0 Å². The number of aryl methyl sites for hydroxylation is 4. The summed E-state index contributed by atoms with van der Waals surface area (Å²) in [6.07, 6.45) is 0. The number of hydrogen-bond acceptors (Lipinski definition) is 2. The molecule has 4 nitrogen and oxygen atoms in total. The molecule has 2 spiro atoms. The molecule has 0 saturated carbocycles. The number of hydrogen-bond donors (Lipinski definition) is 0. The van der Waals surface area contributed by atoms with Gasteiger partial charge in [0.15, 0.2) is 15.5 Å². The quantitative estimate of drug-likeness (QED) is 0.148. The van der Waals surface area contributed by atoms with E-state index in [0.717, 1.165) is 0 Å². The first-order chi connectivity index (χ1) is 24.9. The fraction of sp³-hybridized carbons (Fsp3) is 0.435. The van der Waals surface area contributed by atoms with Crippen molar-refractivity contribution >= 4 is 42.5 Å². The van der Waals surface area contributed by atoms with Gasteiger partial charge in [0, 0.05) is 0 Å². The lowest BCUT2D eigenvalue weighted by Gasteiger charge is -2.85. The van der Waals surface area contributed by atoms with Crippen LogP contribution >= 0.6 is 15.4 Å². The molecule has 3 heterocycles. The molecule has 0 radical (unpaired) electrons. The minimum absolute atomic E-state index is 0.0734. The summed E-state index contributed by atoms with van der Waals surface area (Å²) in [6, 6.07) is 39.2. The standard InChI is InChI=1S/C30H46N4P2Si2.2C8H10/c1-27(2,3)31-25(23-19-15-13-16-20-23)32(28(4,5)6)37(31)35-38(36-37)33(29(7,8)9)26(34(38)30(10,11)12)24-21-17-14-18-22-24;2*1-7-3-5-8(2)6-4-7/h13-22H,1-12H3;2*3-6H,1-2H3. The van der Waals surface area contributed by atoms with Crippen LogP contribution in [0.25, 0.3) is 0 Å². The fourth-order valence-electron chi connectivity index (χ4n) is 7.72. The molecule has 0 bridgehead atoms. The maximum Gasteiger partial charge on any atom is 0.250 e. The van der Waals surface area contributed by atoms with Crippen LogP contribution in [0.3, 0.4) is 0 Å². The normalized spacial score (nSPS) is 22.0. The van der Waals surface area contributed by atoms with Crippen LogP contribution in [0.5, 0.6) is 0 Å². The molecule has 288 valence electrons. The Hall–Kier alpha value is -2.89. The minimum atomic E-state index is -2.00. The largest absolute Gasteiger partial charge is 0.404 e. The first-order valence-electron chi connectivity index (χ1n) is 19.5. The van der Waals surface area contributed by atoms with Crippen LogP contribution < -0.4 is 0 Å². The highest BCUT2D eigenvalue weighted by molar-refractivity contribution is 8.53. The molecule has 8 heteroatoms. The number of amidine groups is 2. The smallest absolute Gasteiger partial charge is 0.250 e. The van der Waals surface area contributed by atoms with Crippen molar-refractivity contribution < 1.29 is 8.48 Å². The molecule has 0 N–H and O–H groups in total. The third-order valence-electron chi connectivity index (χ3n) is 9.83. The van der Waals surface area contributed by atoms with E-state index in [0.29, 0.717) is 0 Å². The van der Waals surface area contributed by atoms with E-state index in [-0.39, 0.29) is 22.2 Å². The molecular weight excluding hydrogens is 727 g/mol. The van der Waals surface area contributed by atoms with Crippen molar-refractivity contribution in [3.05, 3.63) is 143 Å². The van der Waals surface area contributed by atoms with Crippen LogP contribution in [-0.4, -0.2) is 66.9 Å². The summed E-state index contributed by atoms with van der Waals surface area (Å²) in [4.78, 5) is 0. The molecule has 1 fully saturated rings. The fourth-order valence-corrected chi connectivity index (χ4v) is 56.3. The Balaban J connectivity index is 0.000000287. The summed E-state index contributed by atoms with van der Waals surface area (Å²) < 4.78 is 11.6. The Bertz CT molecular complexity index is 1790. The van der Waals surface area contributed by atoms with Gasteiger partial charge < -0.3 is 33.0 Å². The van der Waals surface area contributed by atoms with Crippen molar-refractivity contribution in [3.8, 4) is 0 Å². The SMILES string of the molecule is CC(C)(C)N1C(c2ccccc2)=[N+](C(C)(C)C)[Si]12[P-][Si]1([P-]2)N(C(C)(C)C)C(c2ccccc2)=[N+]1C(C)(C)C.Cc1ccc(C)cc1.Cc1ccc(C)cc1. The molecule has 1 saturated heterocycles. The molecule has 0 aliphatic carbocycles. The molecule has 0 atom stereocenters. The van der Waals surface area contributed by atoms with E-state index < -0.39 is 15.5 Å². The highest BCUT2D eigenvalue weighted by atomic mass is 32.0. The molecule has 4 aromatic carbocycles. The van der Waals surface area contributed by atoms with E-state index in [1.54, 1.807) is 15.4 Å². The third kappa shape index (κ3) is 8.29. The van der Waals surface area contributed by atoms with Gasteiger partial charge in [-0.25, -0.2) is 0 Å². The zero-order chi connectivity index (χ0) is 40.1. The Morgan fingerprint density at radius 3 is 0.833 bits per heavy atom. The second-order valence-corrected chi connectivity index (χ2v) is 38.7. The van der Waals surface area contributed by atoms with Crippen molar-refractivity contribution in [1.82, 2.24) is 9.13 Å². The molecule has 4 aromatic rings. The van der Waals surface area contributed by atoms with Crippen molar-refractivity contribution in [2.75, 3.05) is 0 Å². The van der Waals surface area contributed by atoms with Gasteiger partial charge in [-0.15, -0.1) is 0 Å². The molecule has 54 heavy (non-hydrogen) atoms. The van der Waals surface area contributed by atoms with Crippen LogP contribution in [0.2, 0.25) is 0 Å². The summed E-state index contributed by atoms with van der Waals surface area (Å²) >= 11 is 0. The monoisotopic (exact) mass is 792 g/mol. The van der Waals surface area contributed by atoms with Crippen LogP contribution in [0, 0.1) is 27.7 Å². The average molecular weight is 793 g/mol. The predicted molar refractivity (Wildman–Crippen MR) is 241 cm³/mol. The highest BCUT2D eigenvalue weighted by Crippen LogP contribution is 2.77. The zero-order valence-electron chi connectivity index (χ0n) is 36.1.